The van der Waals surface area contributed by atoms with E-state index in [1.54, 1.807) is 6.92 Å². The van der Waals surface area contributed by atoms with Crippen molar-refractivity contribution in [3.05, 3.63) is 17.4 Å². The molecule has 0 amide bonds. The van der Waals surface area contributed by atoms with Gasteiger partial charge in [0.2, 0.25) is 0 Å². The van der Waals surface area contributed by atoms with Gasteiger partial charge in [0.05, 0.1) is 18.3 Å². The summed E-state index contributed by atoms with van der Waals surface area (Å²) < 4.78 is 11.2. The molecule has 1 heterocycles. The fourth-order valence-electron chi connectivity index (χ4n) is 4.01. The molecule has 0 aromatic heterocycles. The van der Waals surface area contributed by atoms with Crippen LogP contribution < -0.4 is 0 Å². The molecule has 1 aliphatic heterocycles. The van der Waals surface area contributed by atoms with Crippen molar-refractivity contribution in [3.8, 4) is 0 Å². The second-order valence-corrected chi connectivity index (χ2v) is 8.30. The van der Waals surface area contributed by atoms with Gasteiger partial charge in [-0.2, -0.15) is 0 Å². The van der Waals surface area contributed by atoms with Crippen molar-refractivity contribution in [1.29, 1.82) is 0 Å². The molecule has 0 radical (unpaired) electrons. The number of hydrogen-bond donors (Lipinski definition) is 5. The molecule has 0 aromatic rings. The van der Waals surface area contributed by atoms with Gasteiger partial charge >= 0.3 is 0 Å². The van der Waals surface area contributed by atoms with Crippen LogP contribution in [-0.2, 0) is 14.3 Å². The molecule has 7 atom stereocenters. The molecule has 2 aliphatic rings. The van der Waals surface area contributed by atoms with Crippen molar-refractivity contribution in [2.75, 3.05) is 6.61 Å². The van der Waals surface area contributed by atoms with Crippen LogP contribution >= 0.6 is 0 Å². The van der Waals surface area contributed by atoms with Crippen LogP contribution in [0.2, 0.25) is 0 Å². The molecule has 0 spiro atoms. The number of hydrogen-bond acceptors (Lipinski definition) is 8. The van der Waals surface area contributed by atoms with Crippen molar-refractivity contribution in [2.45, 2.75) is 82.9 Å². The smallest absolute Gasteiger partial charge is 0.186 e. The van der Waals surface area contributed by atoms with Gasteiger partial charge in [0.25, 0.3) is 0 Å². The number of aliphatic hydroxyl groups is 5. The highest BCUT2D eigenvalue weighted by molar-refractivity contribution is 5.87. The second kappa shape index (κ2) is 8.11. The van der Waals surface area contributed by atoms with Gasteiger partial charge in [-0.1, -0.05) is 13.8 Å². The van der Waals surface area contributed by atoms with Gasteiger partial charge in [-0.3, -0.25) is 4.79 Å². The maximum atomic E-state index is 11.2. The van der Waals surface area contributed by atoms with Crippen LogP contribution in [0.3, 0.4) is 0 Å². The highest BCUT2D eigenvalue weighted by Crippen LogP contribution is 2.46. The van der Waals surface area contributed by atoms with Gasteiger partial charge in [-0.15, -0.1) is 5.73 Å². The zero-order valence-corrected chi connectivity index (χ0v) is 16.1. The molecule has 0 unspecified atom stereocenters. The summed E-state index contributed by atoms with van der Waals surface area (Å²) in [4.78, 5) is 11.2. The van der Waals surface area contributed by atoms with Crippen molar-refractivity contribution in [2.24, 2.45) is 5.41 Å². The van der Waals surface area contributed by atoms with E-state index >= 15 is 0 Å². The minimum atomic E-state index is -1.52. The van der Waals surface area contributed by atoms with E-state index in [2.05, 4.69) is 5.73 Å². The maximum absolute atomic E-state index is 11.2. The van der Waals surface area contributed by atoms with Crippen LogP contribution in [0.1, 0.15) is 40.5 Å². The average molecular weight is 386 g/mol. The SMILES string of the molecule is CC(=O)C=C=C1C(C)(C)C[C@H](O[C@H]2O[C@@H](CO)[C@@H](O)[C@@H](O)[C@H]2O)C[C@@]1(C)O. The zero-order valence-electron chi connectivity index (χ0n) is 16.1. The van der Waals surface area contributed by atoms with E-state index in [9.17, 15) is 30.3 Å². The number of carbonyl (C=O) groups is 1. The molecule has 2 rings (SSSR count). The Bertz CT molecular complexity index is 597. The number of ketones is 1. The largest absolute Gasteiger partial charge is 0.394 e. The van der Waals surface area contributed by atoms with Gasteiger partial charge in [0, 0.05) is 18.1 Å². The van der Waals surface area contributed by atoms with E-state index in [-0.39, 0.29) is 12.2 Å². The molecule has 0 aromatic carbocycles. The lowest BCUT2D eigenvalue weighted by atomic mass is 9.65. The predicted molar refractivity (Wildman–Crippen MR) is 94.6 cm³/mol. The van der Waals surface area contributed by atoms with Crippen LogP contribution in [-0.4, -0.2) is 80.3 Å². The van der Waals surface area contributed by atoms with Gasteiger partial charge in [0.15, 0.2) is 12.1 Å². The Labute approximate surface area is 158 Å². The summed E-state index contributed by atoms with van der Waals surface area (Å²) in [5.74, 6) is -0.172. The van der Waals surface area contributed by atoms with Crippen molar-refractivity contribution >= 4 is 5.78 Å². The Balaban J connectivity index is 2.20. The fraction of sp³-hybridized carbons (Fsp3) is 0.789. The zero-order chi connectivity index (χ0) is 20.6. The third kappa shape index (κ3) is 4.85. The van der Waals surface area contributed by atoms with Crippen LogP contribution in [0.5, 0.6) is 0 Å². The van der Waals surface area contributed by atoms with Crippen LogP contribution in [0, 0.1) is 5.41 Å². The molecule has 27 heavy (non-hydrogen) atoms. The minimum absolute atomic E-state index is 0.166. The summed E-state index contributed by atoms with van der Waals surface area (Å²) in [6, 6.07) is 0. The Morgan fingerprint density at radius 2 is 1.85 bits per heavy atom. The number of rotatable bonds is 4. The topological polar surface area (TPSA) is 137 Å². The lowest BCUT2D eigenvalue weighted by Gasteiger charge is -2.47. The molecular formula is C19H30O8. The second-order valence-electron chi connectivity index (χ2n) is 8.30. The van der Waals surface area contributed by atoms with Crippen molar-refractivity contribution < 1.29 is 39.8 Å². The molecule has 154 valence electrons. The van der Waals surface area contributed by atoms with E-state index in [4.69, 9.17) is 9.47 Å². The summed E-state index contributed by atoms with van der Waals surface area (Å²) in [5, 5.41) is 50.1. The predicted octanol–water partition coefficient (Wildman–Crippen LogP) is -0.587. The van der Waals surface area contributed by atoms with E-state index < -0.39 is 54.4 Å². The van der Waals surface area contributed by atoms with E-state index in [0.717, 1.165) is 0 Å². The Morgan fingerprint density at radius 3 is 2.37 bits per heavy atom. The third-order valence-corrected chi connectivity index (χ3v) is 5.17. The maximum Gasteiger partial charge on any atom is 0.186 e. The lowest BCUT2D eigenvalue weighted by molar-refractivity contribution is -0.316. The van der Waals surface area contributed by atoms with Crippen LogP contribution in [0.4, 0.5) is 0 Å². The number of ether oxygens (including phenoxy) is 2. The molecule has 5 N–H and O–H groups in total. The first kappa shape index (κ1) is 22.2. The van der Waals surface area contributed by atoms with Gasteiger partial charge in [-0.25, -0.2) is 0 Å². The third-order valence-electron chi connectivity index (χ3n) is 5.17. The van der Waals surface area contributed by atoms with Crippen molar-refractivity contribution in [3.63, 3.8) is 0 Å². The highest BCUT2D eigenvalue weighted by Gasteiger charge is 2.49. The molecule has 2 fully saturated rings. The molecule has 8 heteroatoms. The molecule has 8 nitrogen and oxygen atoms in total. The van der Waals surface area contributed by atoms with Crippen molar-refractivity contribution in [1.82, 2.24) is 0 Å². The summed E-state index contributed by atoms with van der Waals surface area (Å²) in [6.07, 6.45) is -5.40. The minimum Gasteiger partial charge on any atom is -0.394 e. The Kier molecular flexibility index (Phi) is 6.67. The van der Waals surface area contributed by atoms with Gasteiger partial charge in [0.1, 0.15) is 24.4 Å². The molecular weight excluding hydrogens is 356 g/mol. The first-order chi connectivity index (χ1) is 12.4. The van der Waals surface area contributed by atoms with Gasteiger partial charge in [-0.05, 0) is 25.7 Å². The lowest BCUT2D eigenvalue weighted by Crippen LogP contribution is -2.60. The van der Waals surface area contributed by atoms with E-state index in [0.29, 0.717) is 12.0 Å². The Hall–Kier alpha value is -1.09. The van der Waals surface area contributed by atoms with Crippen LogP contribution in [0.25, 0.3) is 0 Å². The summed E-state index contributed by atoms with van der Waals surface area (Å²) in [7, 11) is 0. The summed E-state index contributed by atoms with van der Waals surface area (Å²) in [6.45, 7) is 6.25. The molecule has 1 saturated carbocycles. The first-order valence-electron chi connectivity index (χ1n) is 9.05. The highest BCUT2D eigenvalue weighted by atomic mass is 16.7. The number of aliphatic hydroxyl groups excluding tert-OH is 4. The van der Waals surface area contributed by atoms with E-state index in [1.807, 2.05) is 13.8 Å². The molecule has 0 bridgehead atoms. The van der Waals surface area contributed by atoms with E-state index in [1.165, 1.54) is 13.0 Å². The van der Waals surface area contributed by atoms with Gasteiger partial charge < -0.3 is 35.0 Å². The monoisotopic (exact) mass is 386 g/mol. The molecule has 1 aliphatic carbocycles. The Morgan fingerprint density at radius 1 is 1.22 bits per heavy atom. The summed E-state index contributed by atoms with van der Waals surface area (Å²) in [5.41, 5.74) is 1.65. The molecule has 1 saturated heterocycles. The van der Waals surface area contributed by atoms with Crippen LogP contribution in [0.15, 0.2) is 17.4 Å². The normalized spacial score (nSPS) is 41.7. The number of carbonyl (C=O) groups excluding carboxylic acids is 1. The summed E-state index contributed by atoms with van der Waals surface area (Å²) >= 11 is 0. The average Bonchev–Trinajstić information content (AvgIpc) is 2.52. The quantitative estimate of drug-likeness (QED) is 0.320. The standard InChI is InChI=1S/C19H30O8/c1-10(21)5-6-13-18(2,3)7-11(8-19(13,4)25)26-17-16(24)15(23)14(22)12(9-20)27-17/h5,11-12,14-17,20,22-25H,7-9H2,1-4H3/t6?,11-,12-,14+,15+,16+,17-,19+/m0/s1. The first-order valence-corrected chi connectivity index (χ1v) is 9.05. The fourth-order valence-corrected chi connectivity index (χ4v) is 4.01.